The number of nitrogens with one attached hydrogen (secondary N) is 1. The number of unbranched alkanes of at least 4 members (excludes halogenated alkanes) is 1. The van der Waals surface area contributed by atoms with Gasteiger partial charge in [-0.05, 0) is 64.4 Å². The predicted molar refractivity (Wildman–Crippen MR) is 77.0 cm³/mol. The number of benzene rings is 1. The van der Waals surface area contributed by atoms with Gasteiger partial charge in [-0.3, -0.25) is 0 Å². The van der Waals surface area contributed by atoms with Crippen molar-refractivity contribution in [3.05, 3.63) is 29.6 Å². The van der Waals surface area contributed by atoms with Crippen molar-refractivity contribution < 1.29 is 0 Å². The first-order chi connectivity index (χ1) is 8.76. The van der Waals surface area contributed by atoms with Crippen molar-refractivity contribution in [2.45, 2.75) is 39.7 Å². The van der Waals surface area contributed by atoms with Crippen LogP contribution in [-0.2, 0) is 13.0 Å². The van der Waals surface area contributed by atoms with Crippen molar-refractivity contribution in [1.82, 2.24) is 14.9 Å². The van der Waals surface area contributed by atoms with Gasteiger partial charge in [0.2, 0.25) is 0 Å². The van der Waals surface area contributed by atoms with Crippen molar-refractivity contribution >= 4 is 11.0 Å². The fourth-order valence-corrected chi connectivity index (χ4v) is 2.48. The van der Waals surface area contributed by atoms with Crippen molar-refractivity contribution in [3.8, 4) is 0 Å². The van der Waals surface area contributed by atoms with E-state index in [2.05, 4.69) is 46.9 Å². The molecule has 2 aromatic rings. The molecule has 0 amide bonds. The van der Waals surface area contributed by atoms with Gasteiger partial charge in [0, 0.05) is 6.54 Å². The molecule has 0 saturated carbocycles. The highest BCUT2D eigenvalue weighted by Crippen LogP contribution is 2.18. The van der Waals surface area contributed by atoms with Crippen LogP contribution in [0.3, 0.4) is 0 Å². The quantitative estimate of drug-likeness (QED) is 0.793. The molecule has 2 rings (SSSR count). The van der Waals surface area contributed by atoms with Gasteiger partial charge >= 0.3 is 0 Å². The lowest BCUT2D eigenvalue weighted by Gasteiger charge is -2.04. The SMILES string of the molecule is CCn1c(C)nc2cc(CCCCNC)ccc21. The molecule has 0 spiro atoms. The molecule has 0 atom stereocenters. The summed E-state index contributed by atoms with van der Waals surface area (Å²) < 4.78 is 2.26. The average molecular weight is 245 g/mol. The normalized spacial score (nSPS) is 11.3. The van der Waals surface area contributed by atoms with Gasteiger partial charge in [0.15, 0.2) is 0 Å². The molecular weight excluding hydrogens is 222 g/mol. The topological polar surface area (TPSA) is 29.9 Å². The Labute approximate surface area is 109 Å². The summed E-state index contributed by atoms with van der Waals surface area (Å²) in [5.41, 5.74) is 3.80. The Kier molecular flexibility index (Phi) is 4.37. The van der Waals surface area contributed by atoms with E-state index in [9.17, 15) is 0 Å². The Morgan fingerprint density at radius 1 is 1.28 bits per heavy atom. The highest BCUT2D eigenvalue weighted by Gasteiger charge is 2.06. The van der Waals surface area contributed by atoms with Crippen LogP contribution in [0.5, 0.6) is 0 Å². The maximum Gasteiger partial charge on any atom is 0.106 e. The summed E-state index contributed by atoms with van der Waals surface area (Å²) >= 11 is 0. The second-order valence-corrected chi connectivity index (χ2v) is 4.79. The largest absolute Gasteiger partial charge is 0.329 e. The summed E-state index contributed by atoms with van der Waals surface area (Å²) in [6.45, 7) is 6.34. The number of nitrogens with zero attached hydrogens (tertiary/aromatic N) is 2. The fraction of sp³-hybridized carbons (Fsp3) is 0.533. The van der Waals surface area contributed by atoms with Crippen LogP contribution in [0.4, 0.5) is 0 Å². The smallest absolute Gasteiger partial charge is 0.106 e. The van der Waals surface area contributed by atoms with Crippen LogP contribution >= 0.6 is 0 Å². The van der Waals surface area contributed by atoms with Gasteiger partial charge in [0.1, 0.15) is 5.82 Å². The molecule has 1 heterocycles. The molecule has 1 N–H and O–H groups in total. The minimum absolute atomic E-state index is 0.990. The van der Waals surface area contributed by atoms with Gasteiger partial charge < -0.3 is 9.88 Å². The first-order valence-electron chi connectivity index (χ1n) is 6.86. The van der Waals surface area contributed by atoms with Crippen LogP contribution in [0.2, 0.25) is 0 Å². The molecule has 0 aliphatic carbocycles. The number of imidazole rings is 1. The highest BCUT2D eigenvalue weighted by atomic mass is 15.1. The molecule has 18 heavy (non-hydrogen) atoms. The summed E-state index contributed by atoms with van der Waals surface area (Å²) in [6.07, 6.45) is 3.62. The summed E-state index contributed by atoms with van der Waals surface area (Å²) in [5.74, 6) is 1.11. The first-order valence-corrected chi connectivity index (χ1v) is 6.86. The number of rotatable bonds is 6. The lowest BCUT2D eigenvalue weighted by Crippen LogP contribution is -2.07. The Balaban J connectivity index is 2.13. The van der Waals surface area contributed by atoms with Crippen LogP contribution in [-0.4, -0.2) is 23.1 Å². The fourth-order valence-electron chi connectivity index (χ4n) is 2.48. The maximum atomic E-state index is 4.64. The van der Waals surface area contributed by atoms with Crippen molar-refractivity contribution in [1.29, 1.82) is 0 Å². The van der Waals surface area contributed by atoms with Crippen LogP contribution in [0.1, 0.15) is 31.2 Å². The van der Waals surface area contributed by atoms with Crippen LogP contribution in [0.15, 0.2) is 18.2 Å². The lowest BCUT2D eigenvalue weighted by atomic mass is 10.1. The van der Waals surface area contributed by atoms with Gasteiger partial charge in [-0.2, -0.15) is 0 Å². The molecule has 0 aliphatic heterocycles. The van der Waals surface area contributed by atoms with E-state index in [0.717, 1.165) is 30.9 Å². The Hall–Kier alpha value is -1.35. The van der Waals surface area contributed by atoms with E-state index in [-0.39, 0.29) is 0 Å². The van der Waals surface area contributed by atoms with Gasteiger partial charge in [-0.25, -0.2) is 4.98 Å². The molecular formula is C15H23N3. The Morgan fingerprint density at radius 2 is 2.11 bits per heavy atom. The van der Waals surface area contributed by atoms with E-state index >= 15 is 0 Å². The third kappa shape index (κ3) is 2.72. The summed E-state index contributed by atoms with van der Waals surface area (Å²) in [4.78, 5) is 4.64. The minimum Gasteiger partial charge on any atom is -0.329 e. The molecule has 3 nitrogen and oxygen atoms in total. The van der Waals surface area contributed by atoms with E-state index in [0.29, 0.717) is 0 Å². The molecule has 0 saturated heterocycles. The average Bonchev–Trinajstić information content (AvgIpc) is 2.69. The van der Waals surface area contributed by atoms with Crippen molar-refractivity contribution in [2.75, 3.05) is 13.6 Å². The molecule has 3 heteroatoms. The zero-order valence-electron chi connectivity index (χ0n) is 11.7. The van der Waals surface area contributed by atoms with Crippen LogP contribution in [0.25, 0.3) is 11.0 Å². The van der Waals surface area contributed by atoms with E-state index in [1.807, 2.05) is 7.05 Å². The van der Waals surface area contributed by atoms with Gasteiger partial charge in [-0.15, -0.1) is 0 Å². The van der Waals surface area contributed by atoms with Gasteiger partial charge in [0.05, 0.1) is 11.0 Å². The van der Waals surface area contributed by atoms with E-state index in [1.165, 1.54) is 23.9 Å². The second kappa shape index (κ2) is 6.01. The Morgan fingerprint density at radius 3 is 2.83 bits per heavy atom. The Bertz CT molecular complexity index is 514. The van der Waals surface area contributed by atoms with Crippen molar-refractivity contribution in [3.63, 3.8) is 0 Å². The number of aryl methyl sites for hydroxylation is 3. The van der Waals surface area contributed by atoms with Gasteiger partial charge in [0.25, 0.3) is 0 Å². The molecule has 0 unspecified atom stereocenters. The number of hydrogen-bond acceptors (Lipinski definition) is 2. The second-order valence-electron chi connectivity index (χ2n) is 4.79. The van der Waals surface area contributed by atoms with E-state index < -0.39 is 0 Å². The molecule has 0 bridgehead atoms. The summed E-state index contributed by atoms with van der Waals surface area (Å²) in [5, 5.41) is 3.19. The predicted octanol–water partition coefficient (Wildman–Crippen LogP) is 2.91. The van der Waals surface area contributed by atoms with Crippen molar-refractivity contribution in [2.24, 2.45) is 0 Å². The summed E-state index contributed by atoms with van der Waals surface area (Å²) in [7, 11) is 2.01. The highest BCUT2D eigenvalue weighted by molar-refractivity contribution is 5.76. The van der Waals surface area contributed by atoms with Crippen LogP contribution < -0.4 is 5.32 Å². The zero-order valence-corrected chi connectivity index (χ0v) is 11.7. The third-order valence-corrected chi connectivity index (χ3v) is 3.46. The van der Waals surface area contributed by atoms with Crippen LogP contribution in [0, 0.1) is 6.92 Å². The monoisotopic (exact) mass is 245 g/mol. The van der Waals surface area contributed by atoms with E-state index in [4.69, 9.17) is 0 Å². The number of hydrogen-bond donors (Lipinski definition) is 1. The van der Waals surface area contributed by atoms with Gasteiger partial charge in [-0.1, -0.05) is 6.07 Å². The lowest BCUT2D eigenvalue weighted by molar-refractivity contribution is 0.677. The molecule has 98 valence electrons. The standard InChI is InChI=1S/C15H23N3/c1-4-18-12(2)17-14-11-13(8-9-15(14)18)7-5-6-10-16-3/h8-9,11,16H,4-7,10H2,1-3H3. The molecule has 0 radical (unpaired) electrons. The van der Waals surface area contributed by atoms with E-state index in [1.54, 1.807) is 0 Å². The maximum absolute atomic E-state index is 4.64. The zero-order chi connectivity index (χ0) is 13.0. The number of fused-ring (bicyclic) bond motifs is 1. The summed E-state index contributed by atoms with van der Waals surface area (Å²) in [6, 6.07) is 6.70. The third-order valence-electron chi connectivity index (χ3n) is 3.46. The first kappa shape index (κ1) is 13.1. The minimum atomic E-state index is 0.990. The molecule has 0 fully saturated rings. The molecule has 0 aliphatic rings. The molecule has 1 aromatic heterocycles. The molecule has 1 aromatic carbocycles. The number of aromatic nitrogens is 2.